The summed E-state index contributed by atoms with van der Waals surface area (Å²) < 4.78 is 26.8. The molecule has 2 nitrogen and oxygen atoms in total. The zero-order valence-corrected chi connectivity index (χ0v) is 9.39. The van der Waals surface area contributed by atoms with Crippen LogP contribution in [-0.4, -0.2) is 12.3 Å². The molecule has 0 fully saturated rings. The van der Waals surface area contributed by atoms with Crippen molar-refractivity contribution in [3.05, 3.63) is 34.9 Å². The van der Waals surface area contributed by atoms with Crippen molar-refractivity contribution < 1.29 is 13.6 Å². The maximum absolute atomic E-state index is 13.5. The number of hydrogen-bond acceptors (Lipinski definition) is 2. The van der Waals surface area contributed by atoms with E-state index in [-0.39, 0.29) is 17.7 Å². The van der Waals surface area contributed by atoms with E-state index in [1.165, 1.54) is 19.1 Å². The van der Waals surface area contributed by atoms with E-state index in [0.717, 1.165) is 0 Å². The van der Waals surface area contributed by atoms with Crippen LogP contribution in [0.4, 0.5) is 8.78 Å². The van der Waals surface area contributed by atoms with Crippen molar-refractivity contribution in [2.75, 3.05) is 6.54 Å². The molecule has 0 heterocycles. The van der Waals surface area contributed by atoms with Crippen molar-refractivity contribution in [1.82, 2.24) is 0 Å². The van der Waals surface area contributed by atoms with Gasteiger partial charge < -0.3 is 5.73 Å². The molecule has 0 saturated carbocycles. The third kappa shape index (κ3) is 2.27. The molecular weight excluding hydrogens is 212 g/mol. The first-order valence-corrected chi connectivity index (χ1v) is 5.21. The van der Waals surface area contributed by atoms with Crippen LogP contribution in [0.1, 0.15) is 29.3 Å². The predicted molar refractivity (Wildman–Crippen MR) is 58.3 cm³/mol. The fourth-order valence-electron chi connectivity index (χ4n) is 1.52. The van der Waals surface area contributed by atoms with Crippen molar-refractivity contribution >= 4 is 5.78 Å². The molecule has 2 N–H and O–H groups in total. The Morgan fingerprint density at radius 2 is 2.00 bits per heavy atom. The average molecular weight is 227 g/mol. The second-order valence-electron chi connectivity index (χ2n) is 3.76. The molecule has 16 heavy (non-hydrogen) atoms. The molecule has 0 spiro atoms. The summed E-state index contributed by atoms with van der Waals surface area (Å²) >= 11 is 0. The van der Waals surface area contributed by atoms with Crippen LogP contribution in [0.25, 0.3) is 0 Å². The number of hydrogen-bond donors (Lipinski definition) is 1. The number of benzene rings is 1. The SMILES string of the molecule is CCC(CN)C(=O)c1ccc(C)c(F)c1F. The number of rotatable bonds is 4. The lowest BCUT2D eigenvalue weighted by atomic mass is 9.94. The fraction of sp³-hybridized carbons (Fsp3) is 0.417. The van der Waals surface area contributed by atoms with Gasteiger partial charge in [0.25, 0.3) is 0 Å². The molecule has 1 atom stereocenters. The quantitative estimate of drug-likeness (QED) is 0.803. The summed E-state index contributed by atoms with van der Waals surface area (Å²) in [5, 5.41) is 0. The van der Waals surface area contributed by atoms with E-state index >= 15 is 0 Å². The van der Waals surface area contributed by atoms with Crippen LogP contribution in [0.3, 0.4) is 0 Å². The third-order valence-corrected chi connectivity index (χ3v) is 2.69. The van der Waals surface area contributed by atoms with E-state index in [1.54, 1.807) is 6.92 Å². The van der Waals surface area contributed by atoms with Gasteiger partial charge in [0.15, 0.2) is 17.4 Å². The summed E-state index contributed by atoms with van der Waals surface area (Å²) in [5.41, 5.74) is 5.38. The van der Waals surface area contributed by atoms with Gasteiger partial charge in [-0.15, -0.1) is 0 Å². The van der Waals surface area contributed by atoms with Gasteiger partial charge in [0.05, 0.1) is 5.56 Å². The zero-order valence-electron chi connectivity index (χ0n) is 9.39. The highest BCUT2D eigenvalue weighted by atomic mass is 19.2. The largest absolute Gasteiger partial charge is 0.330 e. The summed E-state index contributed by atoms with van der Waals surface area (Å²) in [4.78, 5) is 11.8. The summed E-state index contributed by atoms with van der Waals surface area (Å²) in [7, 11) is 0. The van der Waals surface area contributed by atoms with Crippen LogP contribution in [0, 0.1) is 24.5 Å². The molecule has 1 aromatic rings. The van der Waals surface area contributed by atoms with Crippen LogP contribution in [0.15, 0.2) is 12.1 Å². The highest BCUT2D eigenvalue weighted by Gasteiger charge is 2.22. The summed E-state index contributed by atoms with van der Waals surface area (Å²) in [6, 6.07) is 2.71. The Morgan fingerprint density at radius 1 is 1.38 bits per heavy atom. The molecule has 1 unspecified atom stereocenters. The van der Waals surface area contributed by atoms with Crippen molar-refractivity contribution in [2.45, 2.75) is 20.3 Å². The van der Waals surface area contributed by atoms with E-state index < -0.39 is 23.3 Å². The minimum absolute atomic E-state index is 0.143. The van der Waals surface area contributed by atoms with Crippen LogP contribution in [0.5, 0.6) is 0 Å². The molecule has 0 bridgehead atoms. The first-order valence-electron chi connectivity index (χ1n) is 5.21. The first kappa shape index (κ1) is 12.8. The second kappa shape index (κ2) is 5.16. The highest BCUT2D eigenvalue weighted by molar-refractivity contribution is 5.98. The number of ketones is 1. The third-order valence-electron chi connectivity index (χ3n) is 2.69. The van der Waals surface area contributed by atoms with Gasteiger partial charge in [-0.2, -0.15) is 0 Å². The van der Waals surface area contributed by atoms with Gasteiger partial charge in [0, 0.05) is 12.5 Å². The van der Waals surface area contributed by atoms with E-state index in [0.29, 0.717) is 6.42 Å². The number of carbonyl (C=O) groups excluding carboxylic acids is 1. The van der Waals surface area contributed by atoms with Gasteiger partial charge in [-0.3, -0.25) is 4.79 Å². The number of Topliss-reactive ketones (excluding diaryl/α,β-unsaturated/α-hetero) is 1. The van der Waals surface area contributed by atoms with Crippen molar-refractivity contribution in [3.63, 3.8) is 0 Å². The van der Waals surface area contributed by atoms with Crippen LogP contribution in [-0.2, 0) is 0 Å². The van der Waals surface area contributed by atoms with Crippen LogP contribution < -0.4 is 5.73 Å². The van der Waals surface area contributed by atoms with E-state index in [1.807, 2.05) is 0 Å². The van der Waals surface area contributed by atoms with E-state index in [9.17, 15) is 13.6 Å². The van der Waals surface area contributed by atoms with E-state index in [4.69, 9.17) is 5.73 Å². The number of nitrogens with two attached hydrogens (primary N) is 1. The van der Waals surface area contributed by atoms with Crippen molar-refractivity contribution in [2.24, 2.45) is 11.7 Å². The molecule has 0 amide bonds. The second-order valence-corrected chi connectivity index (χ2v) is 3.76. The molecule has 0 aliphatic carbocycles. The molecule has 1 aromatic carbocycles. The van der Waals surface area contributed by atoms with E-state index in [2.05, 4.69) is 0 Å². The molecule has 1 rings (SSSR count). The molecule has 88 valence electrons. The van der Waals surface area contributed by atoms with Gasteiger partial charge in [-0.1, -0.05) is 13.0 Å². The Morgan fingerprint density at radius 3 is 2.50 bits per heavy atom. The maximum atomic E-state index is 13.5. The Balaban J connectivity index is 3.14. The predicted octanol–water partition coefficient (Wildman–Crippen LogP) is 2.44. The Labute approximate surface area is 93.5 Å². The molecule has 0 aromatic heterocycles. The summed E-state index contributed by atoms with van der Waals surface area (Å²) in [5.74, 6) is -2.91. The smallest absolute Gasteiger partial charge is 0.170 e. The zero-order chi connectivity index (χ0) is 12.3. The molecule has 0 saturated heterocycles. The van der Waals surface area contributed by atoms with Gasteiger partial charge in [-0.25, -0.2) is 8.78 Å². The number of halogens is 2. The summed E-state index contributed by atoms with van der Waals surface area (Å²) in [6.07, 6.45) is 0.518. The average Bonchev–Trinajstić information content (AvgIpc) is 2.27. The summed E-state index contributed by atoms with van der Waals surface area (Å²) in [6.45, 7) is 3.38. The standard InChI is InChI=1S/C12H15F2NO/c1-3-8(6-15)12(16)9-5-4-7(2)10(13)11(9)14/h4-5,8H,3,6,15H2,1-2H3. The van der Waals surface area contributed by atoms with Crippen molar-refractivity contribution in [3.8, 4) is 0 Å². The molecule has 4 heteroatoms. The monoisotopic (exact) mass is 227 g/mol. The van der Waals surface area contributed by atoms with Gasteiger partial charge in [0.2, 0.25) is 0 Å². The van der Waals surface area contributed by atoms with Crippen LogP contribution in [0.2, 0.25) is 0 Å². The van der Waals surface area contributed by atoms with Gasteiger partial charge in [0.1, 0.15) is 0 Å². The van der Waals surface area contributed by atoms with Crippen molar-refractivity contribution in [1.29, 1.82) is 0 Å². The van der Waals surface area contributed by atoms with Crippen LogP contribution >= 0.6 is 0 Å². The molecule has 0 aliphatic heterocycles. The topological polar surface area (TPSA) is 43.1 Å². The maximum Gasteiger partial charge on any atom is 0.170 e. The Hall–Kier alpha value is -1.29. The first-order chi connectivity index (χ1) is 7.52. The lowest BCUT2D eigenvalue weighted by molar-refractivity contribution is 0.0916. The highest BCUT2D eigenvalue weighted by Crippen LogP contribution is 2.19. The Bertz CT molecular complexity index is 400. The van der Waals surface area contributed by atoms with Gasteiger partial charge >= 0.3 is 0 Å². The fourth-order valence-corrected chi connectivity index (χ4v) is 1.52. The lowest BCUT2D eigenvalue weighted by Gasteiger charge is -2.12. The minimum Gasteiger partial charge on any atom is -0.330 e. The Kier molecular flexibility index (Phi) is 4.12. The molecule has 0 aliphatic rings. The molecule has 0 radical (unpaired) electrons. The minimum atomic E-state index is -1.07. The number of carbonyl (C=O) groups is 1. The molecular formula is C12H15F2NO. The lowest BCUT2D eigenvalue weighted by Crippen LogP contribution is -2.24. The van der Waals surface area contributed by atoms with Gasteiger partial charge in [-0.05, 0) is 25.0 Å². The normalized spacial score (nSPS) is 12.6. The number of aryl methyl sites for hydroxylation is 1.